The highest BCUT2D eigenvalue weighted by molar-refractivity contribution is 7.08. The van der Waals surface area contributed by atoms with Crippen LogP contribution in [0.15, 0.2) is 84.3 Å². The molecule has 0 aliphatic carbocycles. The monoisotopic (exact) mass is 494 g/mol. The Morgan fingerprint density at radius 3 is 2.58 bits per heavy atom. The first-order valence-electron chi connectivity index (χ1n) is 11.1. The second kappa shape index (κ2) is 8.40. The van der Waals surface area contributed by atoms with Gasteiger partial charge < -0.3 is 24.7 Å². The second-order valence-corrected chi connectivity index (χ2v) is 8.78. The molecule has 10 nitrogen and oxygen atoms in total. The molecule has 4 aromatic heterocycles. The highest BCUT2D eigenvalue weighted by Gasteiger charge is 2.18. The van der Waals surface area contributed by atoms with Gasteiger partial charge in [0.05, 0.1) is 12.0 Å². The van der Waals surface area contributed by atoms with Gasteiger partial charge in [0.1, 0.15) is 6.33 Å². The van der Waals surface area contributed by atoms with Crippen LogP contribution in [0.5, 0.6) is 11.5 Å². The zero-order valence-corrected chi connectivity index (χ0v) is 19.5. The molecule has 6 aromatic rings. The summed E-state index contributed by atoms with van der Waals surface area (Å²) in [5.74, 6) is 2.42. The minimum Gasteiger partial charge on any atom is -0.454 e. The Hall–Kier alpha value is -4.90. The summed E-state index contributed by atoms with van der Waals surface area (Å²) in [7, 11) is 0. The summed E-state index contributed by atoms with van der Waals surface area (Å²) < 4.78 is 14.8. The number of imidazole rings is 2. The summed E-state index contributed by atoms with van der Waals surface area (Å²) in [6, 6.07) is 15.7. The van der Waals surface area contributed by atoms with Crippen LogP contribution in [0.3, 0.4) is 0 Å². The van der Waals surface area contributed by atoms with Crippen LogP contribution in [-0.4, -0.2) is 35.9 Å². The lowest BCUT2D eigenvalue weighted by Crippen LogP contribution is -2.04. The first-order valence-corrected chi connectivity index (χ1v) is 12.0. The minimum absolute atomic E-state index is 0.218. The lowest BCUT2D eigenvalue weighted by molar-refractivity contribution is 0.174. The maximum Gasteiger partial charge on any atom is 0.231 e. The molecule has 7 rings (SSSR count). The molecule has 0 spiro atoms. The van der Waals surface area contributed by atoms with Crippen LogP contribution < -0.4 is 20.1 Å². The number of hydrogen-bond acceptors (Lipinski definition) is 9. The average molecular weight is 495 g/mol. The van der Waals surface area contributed by atoms with Gasteiger partial charge in [0.25, 0.3) is 0 Å². The van der Waals surface area contributed by atoms with Crippen LogP contribution >= 0.6 is 11.3 Å². The predicted molar refractivity (Wildman–Crippen MR) is 137 cm³/mol. The lowest BCUT2D eigenvalue weighted by Gasteiger charge is -2.11. The highest BCUT2D eigenvalue weighted by atomic mass is 32.1. The Kier molecular flexibility index (Phi) is 4.77. The van der Waals surface area contributed by atoms with E-state index in [0.717, 1.165) is 28.5 Å². The lowest BCUT2D eigenvalue weighted by atomic mass is 10.2. The van der Waals surface area contributed by atoms with Gasteiger partial charge in [0.2, 0.25) is 12.7 Å². The molecule has 11 heteroatoms. The topological polar surface area (TPSA) is 104 Å². The quantitative estimate of drug-likeness (QED) is 0.322. The molecule has 2 N–H and O–H groups in total. The first-order chi connectivity index (χ1) is 17.8. The average Bonchev–Trinajstić information content (AvgIpc) is 3.71. The van der Waals surface area contributed by atoms with Crippen molar-refractivity contribution in [2.45, 2.75) is 0 Å². The number of nitrogens with zero attached hydrogens (tertiary/aromatic N) is 6. The van der Waals surface area contributed by atoms with Crippen molar-refractivity contribution in [1.29, 1.82) is 0 Å². The first kappa shape index (κ1) is 20.5. The Bertz CT molecular complexity index is 1660. The molecule has 0 unspecified atom stereocenters. The fraction of sp³-hybridized carbons (Fsp3) is 0.0400. The van der Waals surface area contributed by atoms with Crippen LogP contribution in [-0.2, 0) is 0 Å². The number of hydrogen-bond donors (Lipinski definition) is 2. The number of fused-ring (bicyclic) bond motifs is 2. The van der Waals surface area contributed by atoms with E-state index in [1.807, 2.05) is 69.2 Å². The minimum atomic E-state index is 0.218. The number of rotatable bonds is 6. The summed E-state index contributed by atoms with van der Waals surface area (Å²) in [5, 5.41) is 10.8. The maximum absolute atomic E-state index is 5.52. The van der Waals surface area contributed by atoms with Gasteiger partial charge in [0.15, 0.2) is 28.5 Å². The van der Waals surface area contributed by atoms with Crippen molar-refractivity contribution in [3.05, 3.63) is 84.3 Å². The molecular weight excluding hydrogens is 476 g/mol. The van der Waals surface area contributed by atoms with Gasteiger partial charge >= 0.3 is 0 Å². The molecule has 0 amide bonds. The fourth-order valence-electron chi connectivity index (χ4n) is 4.00. The van der Waals surface area contributed by atoms with E-state index in [0.29, 0.717) is 28.7 Å². The van der Waals surface area contributed by atoms with Crippen molar-refractivity contribution >= 4 is 45.6 Å². The number of anilines is 4. The predicted octanol–water partition coefficient (Wildman–Crippen LogP) is 5.28. The molecule has 36 heavy (non-hydrogen) atoms. The van der Waals surface area contributed by atoms with Gasteiger partial charge in [-0.25, -0.2) is 9.97 Å². The molecule has 2 aromatic carbocycles. The standard InChI is InChI=1S/C25H18N8O2S/c1-4-18(32-9-8-26-13-32)5-2-16(1)29-25-30-23(28-17-3-6-20-21(11-17)35-15-34-20)22-24(31-25)33(14-27-22)19-7-10-36-12-19/h1-14H,15H2,(H2,28,29,30,31). The largest absolute Gasteiger partial charge is 0.454 e. The molecule has 0 saturated heterocycles. The third kappa shape index (κ3) is 3.67. The van der Waals surface area contributed by atoms with Crippen molar-refractivity contribution in [3.8, 4) is 22.9 Å². The van der Waals surface area contributed by atoms with E-state index in [9.17, 15) is 0 Å². The van der Waals surface area contributed by atoms with Gasteiger partial charge in [-0.1, -0.05) is 0 Å². The van der Waals surface area contributed by atoms with Crippen molar-refractivity contribution in [2.75, 3.05) is 17.4 Å². The van der Waals surface area contributed by atoms with E-state index in [1.54, 1.807) is 30.2 Å². The Morgan fingerprint density at radius 1 is 0.861 bits per heavy atom. The molecule has 5 heterocycles. The number of ether oxygens (including phenoxy) is 2. The van der Waals surface area contributed by atoms with Gasteiger partial charge in [-0.05, 0) is 47.8 Å². The molecule has 0 fully saturated rings. The maximum atomic E-state index is 5.52. The molecule has 0 bridgehead atoms. The van der Waals surface area contributed by atoms with Gasteiger partial charge in [-0.2, -0.15) is 21.3 Å². The van der Waals surface area contributed by atoms with Crippen molar-refractivity contribution < 1.29 is 9.47 Å². The van der Waals surface area contributed by atoms with E-state index in [-0.39, 0.29) is 6.79 Å². The van der Waals surface area contributed by atoms with Crippen LogP contribution in [0.25, 0.3) is 22.5 Å². The van der Waals surface area contributed by atoms with Crippen LogP contribution in [0, 0.1) is 0 Å². The van der Waals surface area contributed by atoms with Crippen molar-refractivity contribution in [2.24, 2.45) is 0 Å². The molecule has 0 radical (unpaired) electrons. The van der Waals surface area contributed by atoms with E-state index in [4.69, 9.17) is 19.4 Å². The number of thiophene rings is 1. The van der Waals surface area contributed by atoms with E-state index >= 15 is 0 Å². The number of aromatic nitrogens is 6. The summed E-state index contributed by atoms with van der Waals surface area (Å²) >= 11 is 1.62. The Labute approximate surface area is 208 Å². The van der Waals surface area contributed by atoms with Crippen LogP contribution in [0.4, 0.5) is 23.1 Å². The highest BCUT2D eigenvalue weighted by Crippen LogP contribution is 2.36. The van der Waals surface area contributed by atoms with E-state index in [2.05, 4.69) is 26.0 Å². The summed E-state index contributed by atoms with van der Waals surface area (Å²) in [6.07, 6.45) is 7.18. The van der Waals surface area contributed by atoms with E-state index in [1.165, 1.54) is 0 Å². The third-order valence-corrected chi connectivity index (χ3v) is 6.41. The SMILES string of the molecule is c1cn(-c2ccc(Nc3nc(Nc4ccc5c(c4)OCO5)c4ncn(-c5ccsc5)c4n3)cc2)cn1. The number of nitrogens with one attached hydrogen (secondary N) is 2. The van der Waals surface area contributed by atoms with Gasteiger partial charge in [-0.15, -0.1) is 0 Å². The molecule has 1 aliphatic heterocycles. The molecule has 176 valence electrons. The molecular formula is C25H18N8O2S. The third-order valence-electron chi connectivity index (χ3n) is 5.74. The smallest absolute Gasteiger partial charge is 0.231 e. The molecule has 0 saturated carbocycles. The summed E-state index contributed by atoms with van der Waals surface area (Å²) in [6.45, 7) is 0.218. The Morgan fingerprint density at radius 2 is 1.75 bits per heavy atom. The van der Waals surface area contributed by atoms with Gasteiger partial charge in [0, 0.05) is 40.9 Å². The van der Waals surface area contributed by atoms with Crippen LogP contribution in [0.2, 0.25) is 0 Å². The van der Waals surface area contributed by atoms with Crippen molar-refractivity contribution in [1.82, 2.24) is 29.1 Å². The summed E-state index contributed by atoms with van der Waals surface area (Å²) in [4.78, 5) is 18.3. The van der Waals surface area contributed by atoms with Crippen LogP contribution in [0.1, 0.15) is 0 Å². The van der Waals surface area contributed by atoms with E-state index < -0.39 is 0 Å². The molecule has 0 atom stereocenters. The Balaban J connectivity index is 1.27. The summed E-state index contributed by atoms with van der Waals surface area (Å²) in [5.41, 5.74) is 5.00. The van der Waals surface area contributed by atoms with Gasteiger partial charge in [-0.3, -0.25) is 4.57 Å². The molecule has 1 aliphatic rings. The fourth-order valence-corrected chi connectivity index (χ4v) is 4.62. The zero-order valence-electron chi connectivity index (χ0n) is 18.7. The zero-order chi connectivity index (χ0) is 23.9. The van der Waals surface area contributed by atoms with Crippen molar-refractivity contribution in [3.63, 3.8) is 0 Å². The normalized spacial score (nSPS) is 12.2. The second-order valence-electron chi connectivity index (χ2n) is 8.00. The number of benzene rings is 2.